The Morgan fingerprint density at radius 2 is 2.29 bits per heavy atom. The minimum Gasteiger partial charge on any atom is -0.493 e. The fourth-order valence-corrected chi connectivity index (χ4v) is 2.89. The lowest BCUT2D eigenvalue weighted by Gasteiger charge is -2.19. The second-order valence-corrected chi connectivity index (χ2v) is 5.54. The highest BCUT2D eigenvalue weighted by Gasteiger charge is 2.29. The quantitative estimate of drug-likeness (QED) is 0.886. The summed E-state index contributed by atoms with van der Waals surface area (Å²) in [6.07, 6.45) is 4.94. The lowest BCUT2D eigenvalue weighted by Crippen LogP contribution is -2.17. The van der Waals surface area contributed by atoms with Crippen LogP contribution < -0.4 is 10.1 Å². The van der Waals surface area contributed by atoms with Gasteiger partial charge < -0.3 is 10.1 Å². The van der Waals surface area contributed by atoms with Gasteiger partial charge in [0.2, 0.25) is 0 Å². The first-order valence-corrected chi connectivity index (χ1v) is 6.78. The van der Waals surface area contributed by atoms with Crippen LogP contribution in [0.2, 0.25) is 5.02 Å². The first-order chi connectivity index (χ1) is 8.28. The smallest absolute Gasteiger partial charge is 0.127 e. The van der Waals surface area contributed by atoms with Crippen LogP contribution >= 0.6 is 11.6 Å². The number of rotatable bonds is 4. The van der Waals surface area contributed by atoms with Gasteiger partial charge in [-0.15, -0.1) is 0 Å². The first kappa shape index (κ1) is 11.4. The van der Waals surface area contributed by atoms with Gasteiger partial charge in [-0.3, -0.25) is 0 Å². The summed E-state index contributed by atoms with van der Waals surface area (Å²) in [6, 6.07) is 4.49. The third-order valence-corrected chi connectivity index (χ3v) is 3.99. The summed E-state index contributed by atoms with van der Waals surface area (Å²) in [5.74, 6) is 1.97. The summed E-state index contributed by atoms with van der Waals surface area (Å²) in [6.45, 7) is 0.794. The van der Waals surface area contributed by atoms with Gasteiger partial charge in [-0.25, -0.2) is 0 Å². The van der Waals surface area contributed by atoms with Gasteiger partial charge in [-0.1, -0.05) is 24.4 Å². The molecule has 0 radical (unpaired) electrons. The van der Waals surface area contributed by atoms with Crippen molar-refractivity contribution in [2.75, 3.05) is 13.7 Å². The molecule has 1 N–H and O–H groups in total. The Kier molecular flexibility index (Phi) is 3.01. The normalized spacial score (nSPS) is 19.9. The maximum absolute atomic E-state index is 6.20. The zero-order valence-electron chi connectivity index (χ0n) is 10.1. The first-order valence-electron chi connectivity index (χ1n) is 6.40. The molecule has 3 heteroatoms. The van der Waals surface area contributed by atoms with Crippen molar-refractivity contribution < 1.29 is 4.74 Å². The van der Waals surface area contributed by atoms with E-state index in [-0.39, 0.29) is 0 Å². The molecule has 2 nitrogen and oxygen atoms in total. The monoisotopic (exact) mass is 251 g/mol. The van der Waals surface area contributed by atoms with E-state index in [1.165, 1.54) is 30.4 Å². The predicted octanol–water partition coefficient (Wildman–Crippen LogP) is 3.34. The highest BCUT2D eigenvalue weighted by Crippen LogP contribution is 2.42. The molecule has 0 aromatic heterocycles. The molecule has 92 valence electrons. The molecule has 1 aromatic carbocycles. The topological polar surface area (TPSA) is 21.3 Å². The molecule has 1 unspecified atom stereocenters. The van der Waals surface area contributed by atoms with Crippen LogP contribution in [0.4, 0.5) is 0 Å². The molecule has 1 heterocycles. The van der Waals surface area contributed by atoms with Crippen LogP contribution in [0.5, 0.6) is 5.75 Å². The molecule has 1 aliphatic carbocycles. The fourth-order valence-electron chi connectivity index (χ4n) is 2.64. The molecule has 0 saturated heterocycles. The van der Waals surface area contributed by atoms with Crippen LogP contribution in [0.3, 0.4) is 0 Å². The average molecular weight is 252 g/mol. The van der Waals surface area contributed by atoms with Crippen molar-refractivity contribution in [3.63, 3.8) is 0 Å². The standard InChI is InChI=1S/C14H18ClNO/c1-16-13(6-9-2-3-9)12-8-11(15)7-10-4-5-17-14(10)12/h7-9,13,16H,2-6H2,1H3. The molecule has 17 heavy (non-hydrogen) atoms. The van der Waals surface area contributed by atoms with Crippen molar-refractivity contribution in [2.24, 2.45) is 5.92 Å². The van der Waals surface area contributed by atoms with Crippen molar-refractivity contribution in [1.29, 1.82) is 0 Å². The molecule has 1 fully saturated rings. The van der Waals surface area contributed by atoms with Gasteiger partial charge in [0.15, 0.2) is 0 Å². The van der Waals surface area contributed by atoms with E-state index >= 15 is 0 Å². The minimum atomic E-state index is 0.382. The van der Waals surface area contributed by atoms with Crippen LogP contribution in [0.25, 0.3) is 0 Å². The summed E-state index contributed by atoms with van der Waals surface area (Å²) in [7, 11) is 2.02. The molecule has 1 aliphatic heterocycles. The Labute approximate surface area is 107 Å². The summed E-state index contributed by atoms with van der Waals surface area (Å²) < 4.78 is 5.77. The number of hydrogen-bond donors (Lipinski definition) is 1. The van der Waals surface area contributed by atoms with Crippen LogP contribution in [0.15, 0.2) is 12.1 Å². The SMILES string of the molecule is CNC(CC1CC1)c1cc(Cl)cc2c1OCC2. The van der Waals surface area contributed by atoms with E-state index in [2.05, 4.69) is 11.4 Å². The lowest BCUT2D eigenvalue weighted by atomic mass is 9.98. The van der Waals surface area contributed by atoms with E-state index in [0.717, 1.165) is 29.7 Å². The number of ether oxygens (including phenoxy) is 1. The van der Waals surface area contributed by atoms with Gasteiger partial charge in [-0.2, -0.15) is 0 Å². The average Bonchev–Trinajstić information content (AvgIpc) is 3.01. The number of fused-ring (bicyclic) bond motifs is 1. The maximum atomic E-state index is 6.20. The highest BCUT2D eigenvalue weighted by atomic mass is 35.5. The molecule has 1 aromatic rings. The molecule has 0 bridgehead atoms. The largest absolute Gasteiger partial charge is 0.493 e. The van der Waals surface area contributed by atoms with Crippen LogP contribution in [-0.2, 0) is 6.42 Å². The summed E-state index contributed by atoms with van der Waals surface area (Å²) in [5.41, 5.74) is 2.52. The lowest BCUT2D eigenvalue weighted by molar-refractivity contribution is 0.347. The number of halogens is 1. The van der Waals surface area contributed by atoms with Gasteiger partial charge in [0.05, 0.1) is 6.61 Å². The van der Waals surface area contributed by atoms with E-state index in [4.69, 9.17) is 16.3 Å². The molecular formula is C14H18ClNO. The molecule has 0 amide bonds. The molecular weight excluding hydrogens is 234 g/mol. The van der Waals surface area contributed by atoms with Crippen molar-refractivity contribution >= 4 is 11.6 Å². The second kappa shape index (κ2) is 4.51. The third-order valence-electron chi connectivity index (χ3n) is 3.77. The molecule has 0 spiro atoms. The Bertz CT molecular complexity index is 428. The van der Waals surface area contributed by atoms with Gasteiger partial charge in [0.25, 0.3) is 0 Å². The summed E-state index contributed by atoms with van der Waals surface area (Å²) in [4.78, 5) is 0. The van der Waals surface area contributed by atoms with Gasteiger partial charge >= 0.3 is 0 Å². The molecule has 1 saturated carbocycles. The van der Waals surface area contributed by atoms with Crippen LogP contribution in [0.1, 0.15) is 36.4 Å². The van der Waals surface area contributed by atoms with Crippen molar-refractivity contribution in [3.8, 4) is 5.75 Å². The maximum Gasteiger partial charge on any atom is 0.127 e. The third kappa shape index (κ3) is 2.29. The van der Waals surface area contributed by atoms with Gasteiger partial charge in [0, 0.05) is 23.0 Å². The van der Waals surface area contributed by atoms with Gasteiger partial charge in [-0.05, 0) is 37.1 Å². The minimum absolute atomic E-state index is 0.382. The number of hydrogen-bond acceptors (Lipinski definition) is 2. The molecule has 2 aliphatic rings. The van der Waals surface area contributed by atoms with Gasteiger partial charge in [0.1, 0.15) is 5.75 Å². The molecule has 3 rings (SSSR count). The Balaban J connectivity index is 1.93. The fraction of sp³-hybridized carbons (Fsp3) is 0.571. The summed E-state index contributed by atoms with van der Waals surface area (Å²) in [5, 5.41) is 4.24. The number of nitrogens with one attached hydrogen (secondary N) is 1. The zero-order valence-corrected chi connectivity index (χ0v) is 10.9. The Morgan fingerprint density at radius 1 is 1.47 bits per heavy atom. The highest BCUT2D eigenvalue weighted by molar-refractivity contribution is 6.30. The van der Waals surface area contributed by atoms with Crippen molar-refractivity contribution in [1.82, 2.24) is 5.32 Å². The van der Waals surface area contributed by atoms with Crippen LogP contribution in [0, 0.1) is 5.92 Å². The van der Waals surface area contributed by atoms with E-state index in [1.54, 1.807) is 0 Å². The van der Waals surface area contributed by atoms with Crippen LogP contribution in [-0.4, -0.2) is 13.7 Å². The van der Waals surface area contributed by atoms with E-state index in [9.17, 15) is 0 Å². The summed E-state index contributed by atoms with van der Waals surface area (Å²) >= 11 is 6.20. The Hall–Kier alpha value is -0.730. The zero-order chi connectivity index (χ0) is 11.8. The molecule has 1 atom stereocenters. The van der Waals surface area contributed by atoms with E-state index in [0.29, 0.717) is 6.04 Å². The van der Waals surface area contributed by atoms with Crippen molar-refractivity contribution in [2.45, 2.75) is 31.7 Å². The predicted molar refractivity (Wildman–Crippen MR) is 69.8 cm³/mol. The Morgan fingerprint density at radius 3 is 3.00 bits per heavy atom. The second-order valence-electron chi connectivity index (χ2n) is 5.10. The van der Waals surface area contributed by atoms with E-state index in [1.807, 2.05) is 13.1 Å². The number of benzene rings is 1. The van der Waals surface area contributed by atoms with Crippen molar-refractivity contribution in [3.05, 3.63) is 28.3 Å². The van der Waals surface area contributed by atoms with E-state index < -0.39 is 0 Å².